The first kappa shape index (κ1) is 24.2. The third-order valence-corrected chi connectivity index (χ3v) is 8.09. The van der Waals surface area contributed by atoms with E-state index in [0.29, 0.717) is 10.5 Å². The van der Waals surface area contributed by atoms with E-state index in [1.165, 1.54) is 29.7 Å². The molecule has 4 aromatic rings. The first-order chi connectivity index (χ1) is 16.3. The Morgan fingerprint density at radius 3 is 2.50 bits per heavy atom. The van der Waals surface area contributed by atoms with Gasteiger partial charge in [0.1, 0.15) is 0 Å². The van der Waals surface area contributed by atoms with Gasteiger partial charge < -0.3 is 0 Å². The van der Waals surface area contributed by atoms with E-state index in [0.717, 1.165) is 27.1 Å². The van der Waals surface area contributed by atoms with Crippen molar-refractivity contribution in [2.24, 2.45) is 10.1 Å². The highest BCUT2D eigenvalue weighted by molar-refractivity contribution is 9.10. The van der Waals surface area contributed by atoms with Gasteiger partial charge in [-0.05, 0) is 49.4 Å². The van der Waals surface area contributed by atoms with Gasteiger partial charge in [0.15, 0.2) is 0 Å². The molecule has 0 saturated heterocycles. The molecular formula is C24H22BrN5O2S2. The zero-order valence-electron chi connectivity index (χ0n) is 18.8. The van der Waals surface area contributed by atoms with Crippen molar-refractivity contribution in [3.05, 3.63) is 93.3 Å². The fraction of sp³-hybridized carbons (Fsp3) is 0.125. The van der Waals surface area contributed by atoms with Crippen molar-refractivity contribution in [2.75, 3.05) is 14.1 Å². The van der Waals surface area contributed by atoms with Crippen molar-refractivity contribution in [1.29, 1.82) is 0 Å². The Morgan fingerprint density at radius 1 is 1.06 bits per heavy atom. The Labute approximate surface area is 211 Å². The summed E-state index contributed by atoms with van der Waals surface area (Å²) in [5.74, 6) is 0. The van der Waals surface area contributed by atoms with Gasteiger partial charge in [0.05, 0.1) is 27.7 Å². The van der Waals surface area contributed by atoms with Gasteiger partial charge >= 0.3 is 0 Å². The molecule has 10 heteroatoms. The highest BCUT2D eigenvalue weighted by atomic mass is 79.9. The van der Waals surface area contributed by atoms with E-state index in [9.17, 15) is 8.42 Å². The van der Waals surface area contributed by atoms with Crippen LogP contribution < -0.4 is 4.80 Å². The second kappa shape index (κ2) is 10.1. The largest absolute Gasteiger partial charge is 0.255 e. The molecule has 0 amide bonds. The van der Waals surface area contributed by atoms with E-state index in [1.807, 2.05) is 54.8 Å². The molecule has 0 saturated carbocycles. The summed E-state index contributed by atoms with van der Waals surface area (Å²) in [5, 5.41) is 6.82. The predicted molar refractivity (Wildman–Crippen MR) is 140 cm³/mol. The van der Waals surface area contributed by atoms with E-state index in [-0.39, 0.29) is 4.90 Å². The van der Waals surface area contributed by atoms with Crippen LogP contribution in [-0.2, 0) is 10.0 Å². The van der Waals surface area contributed by atoms with E-state index in [4.69, 9.17) is 10.1 Å². The molecule has 0 aliphatic heterocycles. The van der Waals surface area contributed by atoms with Crippen molar-refractivity contribution in [3.8, 4) is 11.3 Å². The number of nitrogens with zero attached hydrogens (tertiary/aromatic N) is 5. The fourth-order valence-electron chi connectivity index (χ4n) is 3.11. The first-order valence-electron chi connectivity index (χ1n) is 10.3. The molecule has 2 aromatic heterocycles. The minimum absolute atomic E-state index is 0.183. The van der Waals surface area contributed by atoms with Crippen LogP contribution in [0.25, 0.3) is 11.3 Å². The maximum Gasteiger partial charge on any atom is 0.242 e. The third-order valence-electron chi connectivity index (χ3n) is 4.93. The monoisotopic (exact) mass is 555 g/mol. The molecule has 0 unspecified atom stereocenters. The first-order valence-corrected chi connectivity index (χ1v) is 13.4. The maximum atomic E-state index is 12.6. The maximum absolute atomic E-state index is 12.6. The average molecular weight is 557 g/mol. The molecule has 0 bridgehead atoms. The Kier molecular flexibility index (Phi) is 7.22. The Hall–Kier alpha value is -2.92. The second-order valence-electron chi connectivity index (χ2n) is 7.52. The molecule has 7 nitrogen and oxygen atoms in total. The number of aromatic nitrogens is 2. The molecule has 0 aliphatic carbocycles. The molecular weight excluding hydrogens is 534 g/mol. The molecule has 0 atom stereocenters. The smallest absolute Gasteiger partial charge is 0.242 e. The highest BCUT2D eigenvalue weighted by Crippen LogP contribution is 2.24. The van der Waals surface area contributed by atoms with Crippen molar-refractivity contribution in [3.63, 3.8) is 0 Å². The summed E-state index contributed by atoms with van der Waals surface area (Å²) in [5.41, 5.74) is 3.84. The van der Waals surface area contributed by atoms with Gasteiger partial charge in [0, 0.05) is 35.7 Å². The van der Waals surface area contributed by atoms with Gasteiger partial charge in [-0.15, -0.1) is 11.3 Å². The lowest BCUT2D eigenvalue weighted by Gasteiger charge is -2.11. The van der Waals surface area contributed by atoms with Gasteiger partial charge in [0.25, 0.3) is 0 Å². The predicted octanol–water partition coefficient (Wildman–Crippen LogP) is 5.13. The summed E-state index contributed by atoms with van der Waals surface area (Å²) in [6.07, 6.45) is 1.73. The Bertz CT molecular complexity index is 1510. The molecule has 0 fully saturated rings. The number of benzene rings is 2. The molecule has 0 N–H and O–H groups in total. The number of hydrogen-bond acceptors (Lipinski definition) is 6. The van der Waals surface area contributed by atoms with E-state index in [1.54, 1.807) is 35.1 Å². The molecule has 2 heterocycles. The summed E-state index contributed by atoms with van der Waals surface area (Å²) in [4.78, 5) is 9.93. The molecule has 0 aliphatic rings. The normalized spacial score (nSPS) is 13.0. The number of thiazole rings is 1. The standard InChI is InChI=1S/C24H22BrN5O2S2/c1-17(22-9-4-5-14-26-22)28-30-23(18-10-12-19(25)13-11-18)16-33-24(30)27-20-7-6-8-21(15-20)34(31,32)29(2)3/h4-16H,1-3H3/b27-24?,28-17+. The van der Waals surface area contributed by atoms with Crippen molar-refractivity contribution < 1.29 is 8.42 Å². The van der Waals surface area contributed by atoms with Gasteiger partial charge in [-0.25, -0.2) is 22.4 Å². The summed E-state index contributed by atoms with van der Waals surface area (Å²) < 4.78 is 29.1. The number of sulfonamides is 1. The van der Waals surface area contributed by atoms with Gasteiger partial charge in [-0.2, -0.15) is 5.10 Å². The molecule has 174 valence electrons. The lowest BCUT2D eigenvalue weighted by Crippen LogP contribution is -2.22. The van der Waals surface area contributed by atoms with E-state index >= 15 is 0 Å². The number of pyridine rings is 1. The molecule has 4 rings (SSSR count). The topological polar surface area (TPSA) is 79.9 Å². The molecule has 0 spiro atoms. The van der Waals surface area contributed by atoms with E-state index in [2.05, 4.69) is 20.9 Å². The quantitative estimate of drug-likeness (QED) is 0.309. The summed E-state index contributed by atoms with van der Waals surface area (Å²) in [6, 6.07) is 20.2. The number of rotatable bonds is 6. The van der Waals surface area contributed by atoms with Crippen LogP contribution in [0.1, 0.15) is 12.6 Å². The van der Waals surface area contributed by atoms with Crippen LogP contribution in [0.15, 0.2) is 97.8 Å². The van der Waals surface area contributed by atoms with Crippen molar-refractivity contribution >= 4 is 48.7 Å². The third kappa shape index (κ3) is 5.25. The SMILES string of the molecule is C/C(=N\n1c(-c2ccc(Br)cc2)csc1=Nc1cccc(S(=O)(=O)N(C)C)c1)c1ccccn1. The van der Waals surface area contributed by atoms with Crippen molar-refractivity contribution in [1.82, 2.24) is 14.0 Å². The molecule has 34 heavy (non-hydrogen) atoms. The zero-order valence-corrected chi connectivity index (χ0v) is 22.0. The minimum Gasteiger partial charge on any atom is -0.255 e. The van der Waals surface area contributed by atoms with Crippen LogP contribution >= 0.6 is 27.3 Å². The Balaban J connectivity index is 1.89. The summed E-state index contributed by atoms with van der Waals surface area (Å²) in [7, 11) is -0.557. The lowest BCUT2D eigenvalue weighted by atomic mass is 10.2. The van der Waals surface area contributed by atoms with Crippen LogP contribution in [0, 0.1) is 0 Å². The van der Waals surface area contributed by atoms with Crippen LogP contribution in [0.3, 0.4) is 0 Å². The van der Waals surface area contributed by atoms with Crippen LogP contribution in [0.2, 0.25) is 0 Å². The van der Waals surface area contributed by atoms with Crippen LogP contribution in [0.4, 0.5) is 5.69 Å². The van der Waals surface area contributed by atoms with Crippen molar-refractivity contribution in [2.45, 2.75) is 11.8 Å². The van der Waals surface area contributed by atoms with Crippen LogP contribution in [-0.4, -0.2) is 42.2 Å². The van der Waals surface area contributed by atoms with Gasteiger partial charge in [-0.3, -0.25) is 4.98 Å². The van der Waals surface area contributed by atoms with Crippen LogP contribution in [0.5, 0.6) is 0 Å². The zero-order chi connectivity index (χ0) is 24.3. The van der Waals surface area contributed by atoms with E-state index < -0.39 is 10.0 Å². The molecule has 2 aromatic carbocycles. The van der Waals surface area contributed by atoms with Gasteiger partial charge in [-0.1, -0.05) is 40.2 Å². The summed E-state index contributed by atoms with van der Waals surface area (Å²) >= 11 is 4.90. The highest BCUT2D eigenvalue weighted by Gasteiger charge is 2.17. The molecule has 0 radical (unpaired) electrons. The second-order valence-corrected chi connectivity index (χ2v) is 11.4. The number of halogens is 1. The van der Waals surface area contributed by atoms with Gasteiger partial charge in [0.2, 0.25) is 14.8 Å². The minimum atomic E-state index is -3.57. The fourth-order valence-corrected chi connectivity index (χ4v) is 5.16. The number of hydrogen-bond donors (Lipinski definition) is 0. The average Bonchev–Trinajstić information content (AvgIpc) is 3.22. The summed E-state index contributed by atoms with van der Waals surface area (Å²) in [6.45, 7) is 1.90. The lowest BCUT2D eigenvalue weighted by molar-refractivity contribution is 0.521. The Morgan fingerprint density at radius 2 is 1.82 bits per heavy atom.